The smallest absolute Gasteiger partial charge is 0.270 e. The Labute approximate surface area is 144 Å². The van der Waals surface area contributed by atoms with Crippen LogP contribution in [-0.2, 0) is 0 Å². The molecule has 1 aromatic carbocycles. The van der Waals surface area contributed by atoms with Gasteiger partial charge in [-0.15, -0.1) is 0 Å². The number of nitrogens with zero attached hydrogens (tertiary/aromatic N) is 3. The van der Waals surface area contributed by atoms with Crippen LogP contribution in [0.4, 0.5) is 5.69 Å². The summed E-state index contributed by atoms with van der Waals surface area (Å²) in [5, 5.41) is 17.5. The molecule has 0 atom stereocenters. The lowest BCUT2D eigenvalue weighted by Gasteiger charge is -2.27. The van der Waals surface area contributed by atoms with E-state index in [2.05, 4.69) is 12.1 Å². The number of benzene rings is 1. The molecule has 2 heterocycles. The fraction of sp³-hybridized carbons (Fsp3) is 0.312. The lowest BCUT2D eigenvalue weighted by atomic mass is 10.1. The SMILES string of the molecule is C[NH+]1CCN(N=Cc2ccc(-c3ccc([N+](=O)[O-])cc3Cl)o2)CC1. The van der Waals surface area contributed by atoms with Crippen molar-refractivity contribution in [2.24, 2.45) is 5.10 Å². The molecule has 1 fully saturated rings. The molecule has 1 aliphatic heterocycles. The molecule has 1 aromatic heterocycles. The van der Waals surface area contributed by atoms with E-state index >= 15 is 0 Å². The highest BCUT2D eigenvalue weighted by atomic mass is 35.5. The van der Waals surface area contributed by atoms with Crippen molar-refractivity contribution in [3.8, 4) is 11.3 Å². The molecule has 0 amide bonds. The average molecular weight is 350 g/mol. The number of nitro benzene ring substituents is 1. The first kappa shape index (κ1) is 16.5. The second-order valence-corrected chi connectivity index (χ2v) is 6.19. The fourth-order valence-electron chi connectivity index (χ4n) is 2.52. The van der Waals surface area contributed by atoms with Gasteiger partial charge in [-0.3, -0.25) is 15.1 Å². The van der Waals surface area contributed by atoms with Crippen molar-refractivity contribution in [1.82, 2.24) is 5.01 Å². The summed E-state index contributed by atoms with van der Waals surface area (Å²) in [5.41, 5.74) is 0.569. The Balaban J connectivity index is 1.72. The molecule has 1 N–H and O–H groups in total. The largest absolute Gasteiger partial charge is 0.455 e. The van der Waals surface area contributed by atoms with E-state index in [1.807, 2.05) is 5.01 Å². The number of hydrazone groups is 1. The number of nitro groups is 1. The Kier molecular flexibility index (Phi) is 4.82. The summed E-state index contributed by atoms with van der Waals surface area (Å²) in [7, 11) is 2.17. The maximum Gasteiger partial charge on any atom is 0.270 e. The zero-order chi connectivity index (χ0) is 17.1. The van der Waals surface area contributed by atoms with Crippen LogP contribution in [0, 0.1) is 10.1 Å². The van der Waals surface area contributed by atoms with Crippen molar-refractivity contribution in [3.05, 3.63) is 51.2 Å². The summed E-state index contributed by atoms with van der Waals surface area (Å²) < 4.78 is 5.73. The number of likely N-dealkylation sites (N-methyl/N-ethyl adjacent to an activating group) is 1. The number of quaternary nitrogens is 1. The summed E-state index contributed by atoms with van der Waals surface area (Å²) in [6.07, 6.45) is 1.68. The quantitative estimate of drug-likeness (QED) is 0.517. The number of rotatable bonds is 4. The molecule has 8 heteroatoms. The summed E-state index contributed by atoms with van der Waals surface area (Å²) >= 11 is 6.12. The molecule has 0 aliphatic carbocycles. The predicted molar refractivity (Wildman–Crippen MR) is 91.6 cm³/mol. The van der Waals surface area contributed by atoms with Gasteiger partial charge in [-0.05, 0) is 18.2 Å². The highest BCUT2D eigenvalue weighted by Crippen LogP contribution is 2.32. The van der Waals surface area contributed by atoms with Crippen molar-refractivity contribution in [1.29, 1.82) is 0 Å². The van der Waals surface area contributed by atoms with E-state index in [0.29, 0.717) is 17.1 Å². The van der Waals surface area contributed by atoms with Crippen molar-refractivity contribution in [2.45, 2.75) is 0 Å². The molecule has 0 spiro atoms. The molecule has 0 unspecified atom stereocenters. The monoisotopic (exact) mass is 349 g/mol. The van der Waals surface area contributed by atoms with Gasteiger partial charge in [0, 0.05) is 17.7 Å². The third-order valence-electron chi connectivity index (χ3n) is 4.00. The zero-order valence-electron chi connectivity index (χ0n) is 13.2. The molecule has 2 aromatic rings. The summed E-state index contributed by atoms with van der Waals surface area (Å²) in [6.45, 7) is 3.98. The first-order valence-corrected chi connectivity index (χ1v) is 8.05. The summed E-state index contributed by atoms with van der Waals surface area (Å²) in [6, 6.07) is 7.90. The molecule has 1 aliphatic rings. The standard InChI is InChI=1S/C16H17ClN4O3/c1-19-6-8-20(9-7-19)18-11-13-3-5-16(24-13)14-4-2-12(21(22)23)10-15(14)17/h2-5,10-11H,6-9H2,1H3/p+1. The van der Waals surface area contributed by atoms with E-state index < -0.39 is 4.92 Å². The van der Waals surface area contributed by atoms with Gasteiger partial charge in [0.05, 0.1) is 49.4 Å². The summed E-state index contributed by atoms with van der Waals surface area (Å²) in [5.74, 6) is 1.17. The highest BCUT2D eigenvalue weighted by Gasteiger charge is 2.15. The molecule has 24 heavy (non-hydrogen) atoms. The number of halogens is 1. The molecule has 1 saturated heterocycles. The van der Waals surface area contributed by atoms with E-state index in [1.54, 1.807) is 24.4 Å². The maximum atomic E-state index is 10.8. The van der Waals surface area contributed by atoms with E-state index in [9.17, 15) is 10.1 Å². The number of hydrogen-bond acceptors (Lipinski definition) is 5. The number of nitrogens with one attached hydrogen (secondary N) is 1. The molecule has 0 saturated carbocycles. The van der Waals surface area contributed by atoms with Gasteiger partial charge in [-0.25, -0.2) is 0 Å². The van der Waals surface area contributed by atoms with Crippen molar-refractivity contribution < 1.29 is 14.2 Å². The number of hydrogen-bond donors (Lipinski definition) is 1. The van der Waals surface area contributed by atoms with Gasteiger partial charge in [0.25, 0.3) is 5.69 Å². The van der Waals surface area contributed by atoms with E-state index in [1.165, 1.54) is 17.0 Å². The van der Waals surface area contributed by atoms with Gasteiger partial charge >= 0.3 is 0 Å². The Morgan fingerprint density at radius 1 is 1.33 bits per heavy atom. The van der Waals surface area contributed by atoms with Crippen LogP contribution in [0.1, 0.15) is 5.76 Å². The van der Waals surface area contributed by atoms with E-state index in [0.717, 1.165) is 26.2 Å². The van der Waals surface area contributed by atoms with Gasteiger partial charge in [-0.2, -0.15) is 5.10 Å². The predicted octanol–water partition coefficient (Wildman–Crippen LogP) is 1.67. The third-order valence-corrected chi connectivity index (χ3v) is 4.31. The Morgan fingerprint density at radius 3 is 2.75 bits per heavy atom. The first-order chi connectivity index (χ1) is 11.5. The molecular weight excluding hydrogens is 332 g/mol. The fourth-order valence-corrected chi connectivity index (χ4v) is 2.78. The lowest BCUT2D eigenvalue weighted by Crippen LogP contribution is -3.11. The minimum atomic E-state index is -0.479. The second kappa shape index (κ2) is 7.02. The van der Waals surface area contributed by atoms with Gasteiger partial charge in [0.2, 0.25) is 0 Å². The third kappa shape index (κ3) is 3.74. The zero-order valence-corrected chi connectivity index (χ0v) is 14.0. The van der Waals surface area contributed by atoms with Crippen molar-refractivity contribution >= 4 is 23.5 Å². The van der Waals surface area contributed by atoms with Crippen LogP contribution in [0.15, 0.2) is 39.9 Å². The van der Waals surface area contributed by atoms with Crippen LogP contribution in [0.2, 0.25) is 5.02 Å². The second-order valence-electron chi connectivity index (χ2n) is 5.78. The highest BCUT2D eigenvalue weighted by molar-refractivity contribution is 6.33. The van der Waals surface area contributed by atoms with Crippen LogP contribution in [0.25, 0.3) is 11.3 Å². The Hall–Kier alpha value is -2.38. The van der Waals surface area contributed by atoms with Crippen LogP contribution >= 0.6 is 11.6 Å². The van der Waals surface area contributed by atoms with Crippen LogP contribution < -0.4 is 4.90 Å². The summed E-state index contributed by atoms with van der Waals surface area (Å²) in [4.78, 5) is 11.8. The van der Waals surface area contributed by atoms with E-state index in [4.69, 9.17) is 16.0 Å². The molecule has 3 rings (SSSR count). The van der Waals surface area contributed by atoms with Crippen LogP contribution in [0.3, 0.4) is 0 Å². The molecular formula is C16H18ClN4O3+. The van der Waals surface area contributed by atoms with Gasteiger partial charge < -0.3 is 9.32 Å². The minimum absolute atomic E-state index is 0.0470. The van der Waals surface area contributed by atoms with Crippen LogP contribution in [0.5, 0.6) is 0 Å². The maximum absolute atomic E-state index is 10.8. The lowest BCUT2D eigenvalue weighted by molar-refractivity contribution is -0.884. The van der Waals surface area contributed by atoms with E-state index in [-0.39, 0.29) is 10.7 Å². The van der Waals surface area contributed by atoms with Crippen molar-refractivity contribution in [2.75, 3.05) is 33.2 Å². The molecule has 0 radical (unpaired) electrons. The van der Waals surface area contributed by atoms with Crippen LogP contribution in [-0.4, -0.2) is 49.4 Å². The van der Waals surface area contributed by atoms with Gasteiger partial charge in [0.15, 0.2) is 0 Å². The molecule has 7 nitrogen and oxygen atoms in total. The normalized spacial score (nSPS) is 16.0. The van der Waals surface area contributed by atoms with Crippen molar-refractivity contribution in [3.63, 3.8) is 0 Å². The molecule has 0 bridgehead atoms. The minimum Gasteiger partial charge on any atom is -0.455 e. The Morgan fingerprint density at radius 2 is 2.08 bits per heavy atom. The first-order valence-electron chi connectivity index (χ1n) is 7.67. The van der Waals surface area contributed by atoms with Gasteiger partial charge in [0.1, 0.15) is 11.5 Å². The van der Waals surface area contributed by atoms with Gasteiger partial charge in [-0.1, -0.05) is 11.6 Å². The average Bonchev–Trinajstić information content (AvgIpc) is 3.03. The number of furan rings is 1. The Bertz CT molecular complexity index is 766. The topological polar surface area (TPSA) is 76.3 Å². The molecule has 126 valence electrons. The number of non-ortho nitro benzene ring substituents is 1. The number of piperazine rings is 1.